The Balaban J connectivity index is 1.74. The normalized spacial score (nSPS) is 43.1. The molecule has 0 aromatic carbocycles. The zero-order valence-electron chi connectivity index (χ0n) is 18.0. The van der Waals surface area contributed by atoms with Gasteiger partial charge in [-0.05, 0) is 86.4 Å². The van der Waals surface area contributed by atoms with E-state index in [9.17, 15) is 5.11 Å². The molecule has 6 atom stereocenters. The van der Waals surface area contributed by atoms with Crippen molar-refractivity contribution in [2.45, 2.75) is 110 Å². The number of rotatable bonds is 5. The van der Waals surface area contributed by atoms with E-state index in [1.54, 1.807) is 0 Å². The van der Waals surface area contributed by atoms with Gasteiger partial charge in [-0.3, -0.25) is 0 Å². The van der Waals surface area contributed by atoms with Gasteiger partial charge in [-0.2, -0.15) is 0 Å². The summed E-state index contributed by atoms with van der Waals surface area (Å²) in [7, 11) is 0. The smallest absolute Gasteiger partial charge is 0.0743 e. The second-order valence-corrected chi connectivity index (χ2v) is 10.7. The molecule has 0 aliphatic heterocycles. The summed E-state index contributed by atoms with van der Waals surface area (Å²) in [6.45, 7) is 9.76. The quantitative estimate of drug-likeness (QED) is 0.516. The summed E-state index contributed by atoms with van der Waals surface area (Å²) in [4.78, 5) is 0. The van der Waals surface area contributed by atoms with Gasteiger partial charge in [-0.1, -0.05) is 65.5 Å². The van der Waals surface area contributed by atoms with Crippen LogP contribution in [0.5, 0.6) is 0 Å². The Bertz CT molecular complexity index is 481. The topological polar surface area (TPSA) is 20.2 Å². The summed E-state index contributed by atoms with van der Waals surface area (Å²) in [5.74, 6) is 3.53. The highest BCUT2D eigenvalue weighted by Gasteiger charge is 2.60. The molecule has 3 aliphatic carbocycles. The van der Waals surface area contributed by atoms with Crippen LogP contribution < -0.4 is 0 Å². The van der Waals surface area contributed by atoms with Gasteiger partial charge in [0.15, 0.2) is 0 Å². The zero-order chi connectivity index (χ0) is 18.8. The van der Waals surface area contributed by atoms with Crippen molar-refractivity contribution in [3.63, 3.8) is 0 Å². The lowest BCUT2D eigenvalue weighted by Gasteiger charge is -2.54. The maximum absolute atomic E-state index is 12.0. The first-order valence-corrected chi connectivity index (χ1v) is 11.8. The summed E-state index contributed by atoms with van der Waals surface area (Å²) in [5, 5.41) is 12.0. The van der Waals surface area contributed by atoms with Crippen molar-refractivity contribution in [3.8, 4) is 0 Å². The predicted molar refractivity (Wildman–Crippen MR) is 112 cm³/mol. The molecule has 0 aromatic heterocycles. The van der Waals surface area contributed by atoms with Crippen molar-refractivity contribution < 1.29 is 5.11 Å². The number of hydrogen-bond acceptors (Lipinski definition) is 1. The largest absolute Gasteiger partial charge is 0.389 e. The van der Waals surface area contributed by atoms with Gasteiger partial charge in [0.25, 0.3) is 0 Å². The Kier molecular flexibility index (Phi) is 6.58. The minimum absolute atomic E-state index is 0.365. The molecule has 0 saturated heterocycles. The molecular formula is C25H44O. The van der Waals surface area contributed by atoms with Gasteiger partial charge in [0.05, 0.1) is 5.60 Å². The lowest BCUT2D eigenvalue weighted by molar-refractivity contribution is -0.147. The molecule has 3 aliphatic rings. The molecule has 0 aromatic rings. The number of hydrogen-bond donors (Lipinski definition) is 1. The van der Waals surface area contributed by atoms with Gasteiger partial charge in [0.2, 0.25) is 0 Å². The van der Waals surface area contributed by atoms with Gasteiger partial charge in [0.1, 0.15) is 0 Å². The Morgan fingerprint density at radius 3 is 2.58 bits per heavy atom. The van der Waals surface area contributed by atoms with Crippen LogP contribution in [0.15, 0.2) is 12.2 Å². The van der Waals surface area contributed by atoms with Crippen LogP contribution >= 0.6 is 0 Å². The molecule has 1 heteroatoms. The fourth-order valence-corrected chi connectivity index (χ4v) is 7.19. The van der Waals surface area contributed by atoms with Crippen molar-refractivity contribution in [2.75, 3.05) is 0 Å². The van der Waals surface area contributed by atoms with Crippen molar-refractivity contribution >= 4 is 0 Å². The highest BCUT2D eigenvalue weighted by atomic mass is 16.3. The van der Waals surface area contributed by atoms with Crippen molar-refractivity contribution in [1.29, 1.82) is 0 Å². The van der Waals surface area contributed by atoms with E-state index in [0.717, 1.165) is 24.2 Å². The number of fused-ring (bicyclic) bond motifs is 3. The SMILES string of the molecule is CC(C)CCC[C@@H](C)[C@H]1CC[C@@H]2[C@]1(C)CC[C@H]1CCCC/C=C\C[C@]12O. The predicted octanol–water partition coefficient (Wildman–Crippen LogP) is 7.14. The van der Waals surface area contributed by atoms with Crippen LogP contribution in [-0.2, 0) is 0 Å². The van der Waals surface area contributed by atoms with Gasteiger partial charge in [0, 0.05) is 0 Å². The fourth-order valence-electron chi connectivity index (χ4n) is 7.19. The van der Waals surface area contributed by atoms with E-state index in [0.29, 0.717) is 17.3 Å². The van der Waals surface area contributed by atoms with E-state index in [2.05, 4.69) is 39.8 Å². The average Bonchev–Trinajstić information content (AvgIpc) is 2.97. The molecule has 1 N–H and O–H groups in total. The maximum atomic E-state index is 12.0. The van der Waals surface area contributed by atoms with Gasteiger partial charge in [-0.25, -0.2) is 0 Å². The fraction of sp³-hybridized carbons (Fsp3) is 0.920. The van der Waals surface area contributed by atoms with E-state index in [4.69, 9.17) is 0 Å². The summed E-state index contributed by atoms with van der Waals surface area (Å²) in [5.41, 5.74) is -0.0648. The van der Waals surface area contributed by atoms with Crippen molar-refractivity contribution in [3.05, 3.63) is 12.2 Å². The third-order valence-electron chi connectivity index (χ3n) is 8.66. The molecule has 0 heterocycles. The molecule has 150 valence electrons. The van der Waals surface area contributed by atoms with Gasteiger partial charge in [-0.15, -0.1) is 0 Å². The highest BCUT2D eigenvalue weighted by Crippen LogP contribution is 2.63. The maximum Gasteiger partial charge on any atom is 0.0743 e. The van der Waals surface area contributed by atoms with Crippen LogP contribution in [0.1, 0.15) is 105 Å². The molecule has 0 unspecified atom stereocenters. The molecule has 1 nitrogen and oxygen atoms in total. The zero-order valence-corrected chi connectivity index (χ0v) is 18.0. The van der Waals surface area contributed by atoms with E-state index < -0.39 is 5.60 Å². The standard InChI is InChI=1S/C25H44O/c1-19(2)11-10-12-20(3)22-14-15-23-24(22,4)18-16-21-13-8-6-5-7-9-17-25(21,23)26/h7,9,19-23,26H,5-6,8,10-18H2,1-4H3/b9-7-/t20-,21-,22-,23-,24-,25+/m1/s1. The Morgan fingerprint density at radius 2 is 1.81 bits per heavy atom. The third-order valence-corrected chi connectivity index (χ3v) is 8.66. The number of aliphatic hydroxyl groups is 1. The average molecular weight is 361 g/mol. The van der Waals surface area contributed by atoms with Crippen LogP contribution in [0.25, 0.3) is 0 Å². The van der Waals surface area contributed by atoms with E-state index in [-0.39, 0.29) is 0 Å². The van der Waals surface area contributed by atoms with Gasteiger partial charge < -0.3 is 5.11 Å². The molecule has 2 fully saturated rings. The van der Waals surface area contributed by atoms with Crippen LogP contribution in [-0.4, -0.2) is 10.7 Å². The monoisotopic (exact) mass is 360 g/mol. The summed E-state index contributed by atoms with van der Waals surface area (Å²) < 4.78 is 0. The summed E-state index contributed by atoms with van der Waals surface area (Å²) in [6.07, 6.45) is 20.0. The minimum atomic E-state index is -0.430. The Labute approximate surface area is 163 Å². The molecule has 0 spiro atoms. The van der Waals surface area contributed by atoms with Crippen LogP contribution in [0.4, 0.5) is 0 Å². The molecule has 3 rings (SSSR count). The molecule has 2 saturated carbocycles. The molecule has 0 amide bonds. The van der Waals surface area contributed by atoms with Crippen LogP contribution in [0.3, 0.4) is 0 Å². The van der Waals surface area contributed by atoms with E-state index >= 15 is 0 Å². The van der Waals surface area contributed by atoms with Gasteiger partial charge >= 0.3 is 0 Å². The summed E-state index contributed by atoms with van der Waals surface area (Å²) in [6, 6.07) is 0. The number of allylic oxidation sites excluding steroid dienone is 1. The first-order chi connectivity index (χ1) is 12.4. The Hall–Kier alpha value is -0.300. The lowest BCUT2D eigenvalue weighted by atomic mass is 9.53. The van der Waals surface area contributed by atoms with E-state index in [1.165, 1.54) is 70.6 Å². The van der Waals surface area contributed by atoms with Crippen LogP contribution in [0, 0.1) is 35.0 Å². The third kappa shape index (κ3) is 3.94. The first-order valence-electron chi connectivity index (χ1n) is 11.8. The lowest BCUT2D eigenvalue weighted by Crippen LogP contribution is -2.55. The van der Waals surface area contributed by atoms with Crippen molar-refractivity contribution in [2.24, 2.45) is 35.0 Å². The minimum Gasteiger partial charge on any atom is -0.389 e. The Morgan fingerprint density at radius 1 is 1.00 bits per heavy atom. The first kappa shape index (κ1) is 20.4. The highest BCUT2D eigenvalue weighted by molar-refractivity contribution is 5.12. The summed E-state index contributed by atoms with van der Waals surface area (Å²) >= 11 is 0. The molecule has 0 radical (unpaired) electrons. The van der Waals surface area contributed by atoms with E-state index in [1.807, 2.05) is 0 Å². The van der Waals surface area contributed by atoms with Crippen molar-refractivity contribution in [1.82, 2.24) is 0 Å². The molecule has 0 bridgehead atoms. The second-order valence-electron chi connectivity index (χ2n) is 10.7. The molecular weight excluding hydrogens is 316 g/mol. The second kappa shape index (κ2) is 8.38. The molecule has 26 heavy (non-hydrogen) atoms. The van der Waals surface area contributed by atoms with Crippen LogP contribution in [0.2, 0.25) is 0 Å².